The lowest BCUT2D eigenvalue weighted by atomic mass is 9.96. The number of hydrogen-bond acceptors (Lipinski definition) is 3. The third kappa shape index (κ3) is 4.17. The predicted octanol–water partition coefficient (Wildman–Crippen LogP) is 5.11. The first-order chi connectivity index (χ1) is 15.4. The fraction of sp³-hybridized carbons (Fsp3) is 0.385. The van der Waals surface area contributed by atoms with E-state index in [0.29, 0.717) is 6.61 Å². The van der Waals surface area contributed by atoms with E-state index in [4.69, 9.17) is 17.0 Å². The van der Waals surface area contributed by atoms with Gasteiger partial charge in [-0.3, -0.25) is 4.98 Å². The van der Waals surface area contributed by atoms with Gasteiger partial charge in [0.05, 0.1) is 17.8 Å². The van der Waals surface area contributed by atoms with E-state index in [1.165, 1.54) is 33.8 Å². The zero-order chi connectivity index (χ0) is 22.8. The fourth-order valence-electron chi connectivity index (χ4n) is 4.78. The molecule has 4 rings (SSSR count). The lowest BCUT2D eigenvalue weighted by Crippen LogP contribution is -2.31. The van der Waals surface area contributed by atoms with E-state index in [2.05, 4.69) is 77.8 Å². The molecule has 0 bridgehead atoms. The summed E-state index contributed by atoms with van der Waals surface area (Å²) in [6, 6.07) is 15.1. The average molecular weight is 449 g/mol. The van der Waals surface area contributed by atoms with Gasteiger partial charge in [0.15, 0.2) is 5.11 Å². The molecule has 3 heterocycles. The molecular formula is C26H32N4OS. The van der Waals surface area contributed by atoms with Gasteiger partial charge in [0.1, 0.15) is 0 Å². The normalized spacial score (nSPS) is 18.3. The zero-order valence-corrected chi connectivity index (χ0v) is 20.4. The summed E-state index contributed by atoms with van der Waals surface area (Å²) in [7, 11) is 1.74. The number of nitrogens with zero attached hydrogens (tertiary/aromatic N) is 3. The van der Waals surface area contributed by atoms with Gasteiger partial charge >= 0.3 is 0 Å². The first-order valence-electron chi connectivity index (χ1n) is 11.2. The summed E-state index contributed by atoms with van der Waals surface area (Å²) in [4.78, 5) is 6.97. The van der Waals surface area contributed by atoms with E-state index >= 15 is 0 Å². The Hall–Kier alpha value is -2.70. The summed E-state index contributed by atoms with van der Waals surface area (Å²) in [6.07, 6.45) is 2.77. The minimum atomic E-state index is -0.00111. The van der Waals surface area contributed by atoms with Gasteiger partial charge in [-0.25, -0.2) is 0 Å². The number of methoxy groups -OCH3 is 1. The van der Waals surface area contributed by atoms with Crippen LogP contribution < -0.4 is 5.32 Å². The minimum Gasteiger partial charge on any atom is -0.385 e. The third-order valence-electron chi connectivity index (χ3n) is 6.34. The molecule has 1 fully saturated rings. The second-order valence-electron chi connectivity index (χ2n) is 8.62. The van der Waals surface area contributed by atoms with E-state index in [0.717, 1.165) is 23.8 Å². The Bertz CT molecular complexity index is 1110. The van der Waals surface area contributed by atoms with Crippen LogP contribution in [0.25, 0.3) is 5.69 Å². The van der Waals surface area contributed by atoms with Gasteiger partial charge in [0.25, 0.3) is 0 Å². The molecule has 2 aromatic heterocycles. The van der Waals surface area contributed by atoms with Crippen molar-refractivity contribution in [1.82, 2.24) is 19.8 Å². The topological polar surface area (TPSA) is 42.3 Å². The molecule has 2 atom stereocenters. The SMILES string of the molecule is COCCCN1C(=S)N[C@@H](c2ccccn2)[C@@H]1c1cc(C)n(-c2cc(C)ccc2C)c1C. The molecule has 3 aromatic rings. The van der Waals surface area contributed by atoms with Crippen LogP contribution in [-0.2, 0) is 4.74 Å². The van der Waals surface area contributed by atoms with Crippen LogP contribution >= 0.6 is 12.2 Å². The number of thiocarbonyl (C=S) groups is 1. The highest BCUT2D eigenvalue weighted by Gasteiger charge is 2.41. The minimum absolute atomic E-state index is 0.00111. The Kier molecular flexibility index (Phi) is 6.63. The van der Waals surface area contributed by atoms with Gasteiger partial charge in [0, 0.05) is 43.5 Å². The third-order valence-corrected chi connectivity index (χ3v) is 6.69. The van der Waals surface area contributed by atoms with E-state index < -0.39 is 0 Å². The maximum atomic E-state index is 5.80. The first-order valence-corrected chi connectivity index (χ1v) is 11.6. The summed E-state index contributed by atoms with van der Waals surface area (Å²) < 4.78 is 7.69. The lowest BCUT2D eigenvalue weighted by Gasteiger charge is -2.28. The molecule has 1 N–H and O–H groups in total. The maximum absolute atomic E-state index is 5.80. The van der Waals surface area contributed by atoms with E-state index in [1.807, 2.05) is 18.3 Å². The lowest BCUT2D eigenvalue weighted by molar-refractivity contribution is 0.180. The largest absolute Gasteiger partial charge is 0.385 e. The van der Waals surface area contributed by atoms with Crippen molar-refractivity contribution in [2.45, 2.75) is 46.2 Å². The second kappa shape index (κ2) is 9.43. The standard InChI is InChI=1S/C26H32N4OS/c1-17-10-11-18(2)23(15-17)30-19(3)16-21(20(30)4)25-24(22-9-6-7-12-27-22)28-26(32)29(25)13-8-14-31-5/h6-7,9-12,15-16,24-25H,8,13-14H2,1-5H3,(H,28,32)/t24-,25-/m0/s1. The number of aryl methyl sites for hydroxylation is 3. The zero-order valence-electron chi connectivity index (χ0n) is 19.6. The summed E-state index contributed by atoms with van der Waals surface area (Å²) in [5.74, 6) is 0. The van der Waals surface area contributed by atoms with Crippen molar-refractivity contribution in [1.29, 1.82) is 0 Å². The molecule has 1 aliphatic heterocycles. The number of aromatic nitrogens is 2. The molecule has 0 unspecified atom stereocenters. The van der Waals surface area contributed by atoms with E-state index in [-0.39, 0.29) is 12.1 Å². The van der Waals surface area contributed by atoms with Gasteiger partial charge in [-0.1, -0.05) is 18.2 Å². The summed E-state index contributed by atoms with van der Waals surface area (Å²) in [5.41, 5.74) is 8.51. The molecule has 5 nitrogen and oxygen atoms in total. The second-order valence-corrected chi connectivity index (χ2v) is 9.00. The van der Waals surface area contributed by atoms with Crippen molar-refractivity contribution < 1.29 is 4.74 Å². The number of benzene rings is 1. The molecule has 0 spiro atoms. The fourth-order valence-corrected chi connectivity index (χ4v) is 5.11. The Labute approximate surface area is 196 Å². The van der Waals surface area contributed by atoms with Crippen LogP contribution in [0.5, 0.6) is 0 Å². The highest BCUT2D eigenvalue weighted by atomic mass is 32.1. The van der Waals surface area contributed by atoms with Crippen LogP contribution in [0.2, 0.25) is 0 Å². The highest BCUT2D eigenvalue weighted by Crippen LogP contribution is 2.41. The van der Waals surface area contributed by atoms with E-state index in [1.54, 1.807) is 7.11 Å². The van der Waals surface area contributed by atoms with Crippen LogP contribution in [0, 0.1) is 27.7 Å². The van der Waals surface area contributed by atoms with Crippen molar-refractivity contribution >= 4 is 17.3 Å². The Balaban J connectivity index is 1.81. The van der Waals surface area contributed by atoms with Crippen molar-refractivity contribution in [3.8, 4) is 5.69 Å². The van der Waals surface area contributed by atoms with Gasteiger partial charge < -0.3 is 19.5 Å². The number of ether oxygens (including phenoxy) is 1. The number of hydrogen-bond donors (Lipinski definition) is 1. The van der Waals surface area contributed by atoms with Crippen molar-refractivity contribution in [2.75, 3.05) is 20.3 Å². The molecule has 0 amide bonds. The van der Waals surface area contributed by atoms with Gasteiger partial charge in [-0.05, 0) is 87.3 Å². The van der Waals surface area contributed by atoms with Gasteiger partial charge in [-0.15, -0.1) is 0 Å². The molecule has 0 aliphatic carbocycles. The number of pyridine rings is 1. The van der Waals surface area contributed by atoms with Gasteiger partial charge in [0.2, 0.25) is 0 Å². The van der Waals surface area contributed by atoms with Crippen LogP contribution in [0.3, 0.4) is 0 Å². The van der Waals surface area contributed by atoms with Crippen LogP contribution in [0.1, 0.15) is 52.3 Å². The number of rotatable bonds is 7. The highest BCUT2D eigenvalue weighted by molar-refractivity contribution is 7.80. The van der Waals surface area contributed by atoms with Gasteiger partial charge in [-0.2, -0.15) is 0 Å². The molecule has 1 aromatic carbocycles. The molecule has 1 saturated heterocycles. The summed E-state index contributed by atoms with van der Waals surface area (Å²) in [5, 5.41) is 4.33. The van der Waals surface area contributed by atoms with Crippen LogP contribution in [0.4, 0.5) is 0 Å². The predicted molar refractivity (Wildman–Crippen MR) is 133 cm³/mol. The van der Waals surface area contributed by atoms with Crippen molar-refractivity contribution in [3.05, 3.63) is 82.4 Å². The first kappa shape index (κ1) is 22.5. The molecular weight excluding hydrogens is 416 g/mol. The Morgan fingerprint density at radius 1 is 1.09 bits per heavy atom. The molecule has 1 aliphatic rings. The quantitative estimate of drug-likeness (QED) is 0.402. The summed E-state index contributed by atoms with van der Waals surface area (Å²) in [6.45, 7) is 10.3. The van der Waals surface area contributed by atoms with Crippen LogP contribution in [-0.4, -0.2) is 39.8 Å². The maximum Gasteiger partial charge on any atom is 0.170 e. The smallest absolute Gasteiger partial charge is 0.170 e. The Morgan fingerprint density at radius 2 is 1.91 bits per heavy atom. The monoisotopic (exact) mass is 448 g/mol. The average Bonchev–Trinajstić information content (AvgIpc) is 3.26. The van der Waals surface area contributed by atoms with E-state index in [9.17, 15) is 0 Å². The van der Waals surface area contributed by atoms with Crippen molar-refractivity contribution in [3.63, 3.8) is 0 Å². The summed E-state index contributed by atoms with van der Waals surface area (Å²) >= 11 is 5.80. The number of nitrogens with one attached hydrogen (secondary N) is 1. The molecule has 0 radical (unpaired) electrons. The molecule has 0 saturated carbocycles. The van der Waals surface area contributed by atoms with Crippen LogP contribution in [0.15, 0.2) is 48.7 Å². The van der Waals surface area contributed by atoms with Crippen molar-refractivity contribution in [2.24, 2.45) is 0 Å². The Morgan fingerprint density at radius 3 is 2.62 bits per heavy atom. The molecule has 168 valence electrons. The molecule has 6 heteroatoms. The molecule has 32 heavy (non-hydrogen) atoms.